The van der Waals surface area contributed by atoms with Crippen molar-refractivity contribution in [2.24, 2.45) is 10.4 Å². The fourth-order valence-electron chi connectivity index (χ4n) is 3.89. The van der Waals surface area contributed by atoms with E-state index >= 15 is 0 Å². The Morgan fingerprint density at radius 3 is 2.38 bits per heavy atom. The number of rotatable bonds is 6. The molecule has 0 unspecified atom stereocenters. The highest BCUT2D eigenvalue weighted by Gasteiger charge is 2.32. The lowest BCUT2D eigenvalue weighted by molar-refractivity contribution is 0.0744. The summed E-state index contributed by atoms with van der Waals surface area (Å²) in [6, 6.07) is 0.330. The van der Waals surface area contributed by atoms with Gasteiger partial charge in [-0.25, -0.2) is 8.78 Å². The number of aliphatic imine (C=N–C) groups is 1. The molecule has 0 atom stereocenters. The highest BCUT2D eigenvalue weighted by Crippen LogP contribution is 2.40. The summed E-state index contributed by atoms with van der Waals surface area (Å²) in [7, 11) is 1.80. The number of nitrogens with zero attached hydrogens (tertiary/aromatic N) is 2. The van der Waals surface area contributed by atoms with E-state index in [-0.39, 0.29) is 30.5 Å². The zero-order valence-electron chi connectivity index (χ0n) is 15.0. The van der Waals surface area contributed by atoms with Gasteiger partial charge in [-0.05, 0) is 37.5 Å². The van der Waals surface area contributed by atoms with Gasteiger partial charge in [-0.15, -0.1) is 24.0 Å². The van der Waals surface area contributed by atoms with Crippen molar-refractivity contribution in [2.45, 2.75) is 64.3 Å². The number of hydrogen-bond donors (Lipinski definition) is 2. The van der Waals surface area contributed by atoms with Crippen LogP contribution in [0.15, 0.2) is 4.99 Å². The summed E-state index contributed by atoms with van der Waals surface area (Å²) in [4.78, 5) is 6.19. The highest BCUT2D eigenvalue weighted by atomic mass is 127. The Balaban J connectivity index is 0.00000288. The van der Waals surface area contributed by atoms with E-state index in [0.717, 1.165) is 38.4 Å². The van der Waals surface area contributed by atoms with Crippen molar-refractivity contribution in [3.05, 3.63) is 0 Å². The lowest BCUT2D eigenvalue weighted by Crippen LogP contribution is -2.50. The maximum atomic E-state index is 12.4. The quantitative estimate of drug-likeness (QED) is 0.364. The summed E-state index contributed by atoms with van der Waals surface area (Å²) in [6.45, 7) is 4.63. The minimum atomic E-state index is -2.23. The second kappa shape index (κ2) is 10.7. The number of halogens is 3. The lowest BCUT2D eigenvalue weighted by atomic mass is 9.83. The van der Waals surface area contributed by atoms with Crippen LogP contribution >= 0.6 is 24.0 Å². The van der Waals surface area contributed by atoms with Crippen LogP contribution in [0.3, 0.4) is 0 Å². The van der Waals surface area contributed by atoms with E-state index in [0.29, 0.717) is 11.5 Å². The van der Waals surface area contributed by atoms with Gasteiger partial charge >= 0.3 is 0 Å². The van der Waals surface area contributed by atoms with Crippen LogP contribution in [0.25, 0.3) is 0 Å². The minimum absolute atomic E-state index is 0. The predicted octanol–water partition coefficient (Wildman–Crippen LogP) is 3.47. The van der Waals surface area contributed by atoms with E-state index in [4.69, 9.17) is 0 Å². The monoisotopic (exact) mass is 458 g/mol. The van der Waals surface area contributed by atoms with Gasteiger partial charge in [0.25, 0.3) is 6.43 Å². The van der Waals surface area contributed by atoms with Gasteiger partial charge in [0.1, 0.15) is 0 Å². The number of nitrogens with one attached hydrogen (secondary N) is 2. The summed E-state index contributed by atoms with van der Waals surface area (Å²) < 4.78 is 24.8. The van der Waals surface area contributed by atoms with E-state index in [9.17, 15) is 8.78 Å². The molecule has 24 heavy (non-hydrogen) atoms. The molecule has 0 spiro atoms. The van der Waals surface area contributed by atoms with Crippen LogP contribution in [0.4, 0.5) is 8.78 Å². The molecule has 7 heteroatoms. The third-order valence-corrected chi connectivity index (χ3v) is 5.59. The SMILES string of the molecule is CCC1(CNC(=NC)NC2CCN(CC(F)F)CC2)CCCC1.I. The molecular weight excluding hydrogens is 425 g/mol. The molecule has 0 amide bonds. The standard InChI is InChI=1S/C17H32F2N4.HI/c1-3-17(8-4-5-9-17)13-21-16(20-2)22-14-6-10-23(11-7-14)12-15(18)19;/h14-15H,3-13H2,1-2H3,(H2,20,21,22);1H. The predicted molar refractivity (Wildman–Crippen MR) is 107 cm³/mol. The first-order valence-electron chi connectivity index (χ1n) is 9.04. The molecule has 4 nitrogen and oxygen atoms in total. The Morgan fingerprint density at radius 1 is 1.25 bits per heavy atom. The van der Waals surface area contributed by atoms with Crippen LogP contribution in [-0.2, 0) is 0 Å². The fraction of sp³-hybridized carbons (Fsp3) is 0.941. The second-order valence-electron chi connectivity index (χ2n) is 7.10. The molecule has 1 aliphatic carbocycles. The third kappa shape index (κ3) is 6.61. The zero-order valence-corrected chi connectivity index (χ0v) is 17.3. The first kappa shape index (κ1) is 21.9. The Bertz CT molecular complexity index is 379. The molecule has 2 fully saturated rings. The maximum Gasteiger partial charge on any atom is 0.251 e. The molecular formula is C17H33F2IN4. The topological polar surface area (TPSA) is 39.7 Å². The van der Waals surface area contributed by atoms with Crippen molar-refractivity contribution in [3.63, 3.8) is 0 Å². The van der Waals surface area contributed by atoms with Crippen molar-refractivity contribution in [3.8, 4) is 0 Å². The smallest absolute Gasteiger partial charge is 0.251 e. The highest BCUT2D eigenvalue weighted by molar-refractivity contribution is 14.0. The van der Waals surface area contributed by atoms with E-state index in [1.165, 1.54) is 32.1 Å². The largest absolute Gasteiger partial charge is 0.356 e. The van der Waals surface area contributed by atoms with Crippen molar-refractivity contribution < 1.29 is 8.78 Å². The van der Waals surface area contributed by atoms with Crippen LogP contribution in [-0.4, -0.2) is 56.6 Å². The Kier molecular flexibility index (Phi) is 9.77. The first-order chi connectivity index (χ1) is 11.1. The van der Waals surface area contributed by atoms with Gasteiger partial charge in [0.2, 0.25) is 0 Å². The van der Waals surface area contributed by atoms with Gasteiger partial charge in [0.15, 0.2) is 5.96 Å². The van der Waals surface area contributed by atoms with Crippen molar-refractivity contribution >= 4 is 29.9 Å². The summed E-state index contributed by atoms with van der Waals surface area (Å²) in [5.74, 6) is 0.858. The van der Waals surface area contributed by atoms with Crippen molar-refractivity contribution in [2.75, 3.05) is 33.2 Å². The molecule has 0 radical (unpaired) electrons. The number of guanidine groups is 1. The van der Waals surface area contributed by atoms with E-state index in [1.807, 2.05) is 4.90 Å². The maximum absolute atomic E-state index is 12.4. The summed E-state index contributed by atoms with van der Waals surface area (Å²) in [5.41, 5.74) is 0.429. The molecule has 1 aliphatic heterocycles. The Morgan fingerprint density at radius 2 is 1.88 bits per heavy atom. The van der Waals surface area contributed by atoms with Crippen molar-refractivity contribution in [1.29, 1.82) is 0 Å². The lowest BCUT2D eigenvalue weighted by Gasteiger charge is -2.34. The van der Waals surface area contributed by atoms with E-state index < -0.39 is 6.43 Å². The van der Waals surface area contributed by atoms with E-state index in [1.54, 1.807) is 7.05 Å². The number of hydrogen-bond acceptors (Lipinski definition) is 2. The molecule has 1 saturated heterocycles. The zero-order chi connectivity index (χ0) is 16.7. The fourth-order valence-corrected chi connectivity index (χ4v) is 3.89. The number of piperidine rings is 1. The van der Waals surface area contributed by atoms with Gasteiger partial charge in [0.05, 0.1) is 6.54 Å². The molecule has 0 aromatic heterocycles. The van der Waals surface area contributed by atoms with Gasteiger partial charge in [-0.3, -0.25) is 9.89 Å². The Labute approximate surface area is 162 Å². The van der Waals surface area contributed by atoms with Crippen LogP contribution in [0, 0.1) is 5.41 Å². The third-order valence-electron chi connectivity index (χ3n) is 5.59. The van der Waals surface area contributed by atoms with Crippen LogP contribution < -0.4 is 10.6 Å². The summed E-state index contributed by atoms with van der Waals surface area (Å²) >= 11 is 0. The molecule has 0 bridgehead atoms. The molecule has 0 aromatic carbocycles. The van der Waals surface area contributed by atoms with Gasteiger partial charge in [-0.1, -0.05) is 19.8 Å². The minimum Gasteiger partial charge on any atom is -0.356 e. The molecule has 2 rings (SSSR count). The average Bonchev–Trinajstić information content (AvgIpc) is 3.02. The summed E-state index contributed by atoms with van der Waals surface area (Å²) in [6.07, 6.45) is 6.06. The normalized spacial score (nSPS) is 22.5. The first-order valence-corrected chi connectivity index (χ1v) is 9.04. The molecule has 142 valence electrons. The van der Waals surface area contributed by atoms with Gasteiger partial charge in [-0.2, -0.15) is 0 Å². The number of likely N-dealkylation sites (tertiary alicyclic amines) is 1. The molecule has 1 heterocycles. The number of alkyl halides is 2. The van der Waals surface area contributed by atoms with Crippen LogP contribution in [0.1, 0.15) is 51.9 Å². The molecule has 1 saturated carbocycles. The molecule has 2 N–H and O–H groups in total. The van der Waals surface area contributed by atoms with E-state index in [2.05, 4.69) is 22.5 Å². The van der Waals surface area contributed by atoms with Crippen LogP contribution in [0.2, 0.25) is 0 Å². The van der Waals surface area contributed by atoms with Crippen LogP contribution in [0.5, 0.6) is 0 Å². The van der Waals surface area contributed by atoms with Gasteiger partial charge < -0.3 is 10.6 Å². The van der Waals surface area contributed by atoms with Gasteiger partial charge in [0, 0.05) is 32.7 Å². The summed E-state index contributed by atoms with van der Waals surface area (Å²) in [5, 5.41) is 6.97. The average molecular weight is 458 g/mol. The second-order valence-corrected chi connectivity index (χ2v) is 7.10. The molecule has 2 aliphatic rings. The van der Waals surface area contributed by atoms with Crippen molar-refractivity contribution in [1.82, 2.24) is 15.5 Å². The Hall–Kier alpha value is -0.180. The molecule has 0 aromatic rings.